The smallest absolute Gasteiger partial charge is 0.119 e. The van der Waals surface area contributed by atoms with Gasteiger partial charge in [0.05, 0.1) is 18.8 Å². The standard InChI is InChI=1S/C14H28N2O/c1-4-6-7-8-9-13(3)17-12-14(11-15)16-10-5-2/h13-14,16H,4-10,12H2,1-3H3. The maximum atomic E-state index is 8.92. The molecule has 1 N–H and O–H groups in total. The highest BCUT2D eigenvalue weighted by atomic mass is 16.5. The third-order valence-corrected chi connectivity index (χ3v) is 2.81. The van der Waals surface area contributed by atoms with Gasteiger partial charge in [-0.05, 0) is 26.3 Å². The lowest BCUT2D eigenvalue weighted by molar-refractivity contribution is 0.0513. The molecule has 0 fully saturated rings. The van der Waals surface area contributed by atoms with Crippen molar-refractivity contribution in [3.8, 4) is 6.07 Å². The Hall–Kier alpha value is -0.590. The summed E-state index contributed by atoms with van der Waals surface area (Å²) in [6.45, 7) is 7.80. The summed E-state index contributed by atoms with van der Waals surface area (Å²) < 4.78 is 5.69. The molecule has 0 amide bonds. The molecule has 0 aliphatic carbocycles. The molecule has 100 valence electrons. The van der Waals surface area contributed by atoms with Crippen LogP contribution in [-0.4, -0.2) is 25.3 Å². The van der Waals surface area contributed by atoms with E-state index in [1.54, 1.807) is 0 Å². The molecule has 0 heterocycles. The molecule has 0 aromatic rings. The number of nitrogens with one attached hydrogen (secondary N) is 1. The van der Waals surface area contributed by atoms with Gasteiger partial charge in [-0.25, -0.2) is 0 Å². The molecule has 0 aliphatic rings. The van der Waals surface area contributed by atoms with Crippen molar-refractivity contribution in [2.75, 3.05) is 13.2 Å². The molecule has 3 nitrogen and oxygen atoms in total. The summed E-state index contributed by atoms with van der Waals surface area (Å²) in [5.41, 5.74) is 0. The molecule has 2 atom stereocenters. The Bertz CT molecular complexity index is 201. The lowest BCUT2D eigenvalue weighted by atomic mass is 10.1. The number of ether oxygens (including phenoxy) is 1. The van der Waals surface area contributed by atoms with Crippen LogP contribution in [0.25, 0.3) is 0 Å². The van der Waals surface area contributed by atoms with E-state index < -0.39 is 0 Å². The molecule has 0 aromatic carbocycles. The highest BCUT2D eigenvalue weighted by Gasteiger charge is 2.09. The number of hydrogen-bond acceptors (Lipinski definition) is 3. The predicted octanol–water partition coefficient (Wildman–Crippen LogP) is 3.25. The van der Waals surface area contributed by atoms with E-state index in [0.717, 1.165) is 19.4 Å². The fourth-order valence-electron chi connectivity index (χ4n) is 1.66. The molecule has 0 spiro atoms. The van der Waals surface area contributed by atoms with Crippen molar-refractivity contribution < 1.29 is 4.74 Å². The van der Waals surface area contributed by atoms with Crippen LogP contribution in [0.2, 0.25) is 0 Å². The van der Waals surface area contributed by atoms with Gasteiger partial charge < -0.3 is 10.1 Å². The third kappa shape index (κ3) is 10.3. The van der Waals surface area contributed by atoms with Gasteiger partial charge in [0.25, 0.3) is 0 Å². The van der Waals surface area contributed by atoms with Crippen LogP contribution < -0.4 is 5.32 Å². The normalized spacial score (nSPS) is 14.2. The minimum absolute atomic E-state index is 0.159. The van der Waals surface area contributed by atoms with E-state index in [4.69, 9.17) is 10.00 Å². The van der Waals surface area contributed by atoms with Crippen LogP contribution in [0.4, 0.5) is 0 Å². The van der Waals surface area contributed by atoms with Gasteiger partial charge in [0, 0.05) is 0 Å². The molecule has 0 aromatic heterocycles. The summed E-state index contributed by atoms with van der Waals surface area (Å²) in [6.07, 6.45) is 7.52. The zero-order valence-corrected chi connectivity index (χ0v) is 11.7. The van der Waals surface area contributed by atoms with Crippen LogP contribution >= 0.6 is 0 Å². The zero-order valence-electron chi connectivity index (χ0n) is 11.7. The Labute approximate surface area is 107 Å². The van der Waals surface area contributed by atoms with Crippen LogP contribution in [0, 0.1) is 11.3 Å². The first-order chi connectivity index (χ1) is 8.24. The molecular formula is C14H28N2O. The average molecular weight is 240 g/mol. The number of unbranched alkanes of at least 4 members (excludes halogenated alkanes) is 3. The van der Waals surface area contributed by atoms with Gasteiger partial charge in [-0.1, -0.05) is 39.5 Å². The van der Waals surface area contributed by atoms with Crippen LogP contribution in [0.5, 0.6) is 0 Å². The molecule has 17 heavy (non-hydrogen) atoms. The second-order valence-electron chi connectivity index (χ2n) is 4.63. The van der Waals surface area contributed by atoms with Gasteiger partial charge in [0.15, 0.2) is 0 Å². The molecule has 0 aliphatic heterocycles. The second-order valence-corrected chi connectivity index (χ2v) is 4.63. The average Bonchev–Trinajstić information content (AvgIpc) is 2.35. The van der Waals surface area contributed by atoms with Crippen molar-refractivity contribution in [2.45, 2.75) is 71.4 Å². The van der Waals surface area contributed by atoms with Crippen molar-refractivity contribution in [1.82, 2.24) is 5.32 Å². The Balaban J connectivity index is 3.52. The first kappa shape index (κ1) is 16.4. The van der Waals surface area contributed by atoms with Crippen molar-refractivity contribution >= 4 is 0 Å². The monoisotopic (exact) mass is 240 g/mol. The second kappa shape index (κ2) is 11.9. The van der Waals surface area contributed by atoms with E-state index in [9.17, 15) is 0 Å². The quantitative estimate of drug-likeness (QED) is 0.564. The summed E-state index contributed by atoms with van der Waals surface area (Å²) >= 11 is 0. The molecule has 3 heteroatoms. The van der Waals surface area contributed by atoms with Gasteiger partial charge in [-0.2, -0.15) is 5.26 Å². The van der Waals surface area contributed by atoms with Crippen molar-refractivity contribution in [1.29, 1.82) is 5.26 Å². The van der Waals surface area contributed by atoms with Gasteiger partial charge in [-0.3, -0.25) is 0 Å². The fraction of sp³-hybridized carbons (Fsp3) is 0.929. The number of nitrogens with zero attached hydrogens (tertiary/aromatic N) is 1. The third-order valence-electron chi connectivity index (χ3n) is 2.81. The topological polar surface area (TPSA) is 45.0 Å². The van der Waals surface area contributed by atoms with E-state index in [1.807, 2.05) is 0 Å². The predicted molar refractivity (Wildman–Crippen MR) is 71.9 cm³/mol. The first-order valence-electron chi connectivity index (χ1n) is 6.99. The van der Waals surface area contributed by atoms with Crippen LogP contribution in [-0.2, 0) is 4.74 Å². The number of nitriles is 1. The fourth-order valence-corrected chi connectivity index (χ4v) is 1.66. The summed E-state index contributed by atoms with van der Waals surface area (Å²) in [5.74, 6) is 0. The van der Waals surface area contributed by atoms with Gasteiger partial charge in [-0.15, -0.1) is 0 Å². The van der Waals surface area contributed by atoms with E-state index >= 15 is 0 Å². The van der Waals surface area contributed by atoms with E-state index in [1.165, 1.54) is 25.7 Å². The summed E-state index contributed by atoms with van der Waals surface area (Å²) in [6, 6.07) is 2.07. The summed E-state index contributed by atoms with van der Waals surface area (Å²) in [4.78, 5) is 0. The molecule has 0 bridgehead atoms. The maximum Gasteiger partial charge on any atom is 0.119 e. The highest BCUT2D eigenvalue weighted by molar-refractivity contribution is 4.89. The van der Waals surface area contributed by atoms with Crippen LogP contribution in [0.1, 0.15) is 59.3 Å². The van der Waals surface area contributed by atoms with Crippen LogP contribution in [0.15, 0.2) is 0 Å². The summed E-state index contributed by atoms with van der Waals surface area (Å²) in [5, 5.41) is 12.1. The summed E-state index contributed by atoms with van der Waals surface area (Å²) in [7, 11) is 0. The van der Waals surface area contributed by atoms with E-state index in [0.29, 0.717) is 6.61 Å². The molecule has 0 saturated heterocycles. The lowest BCUT2D eigenvalue weighted by Gasteiger charge is -2.16. The maximum absolute atomic E-state index is 8.92. The van der Waals surface area contributed by atoms with Crippen molar-refractivity contribution in [2.24, 2.45) is 0 Å². The largest absolute Gasteiger partial charge is 0.376 e. The first-order valence-corrected chi connectivity index (χ1v) is 6.99. The Morgan fingerprint density at radius 3 is 2.53 bits per heavy atom. The zero-order chi connectivity index (χ0) is 12.9. The lowest BCUT2D eigenvalue weighted by Crippen LogP contribution is -2.33. The highest BCUT2D eigenvalue weighted by Crippen LogP contribution is 2.08. The molecule has 2 unspecified atom stereocenters. The Morgan fingerprint density at radius 1 is 1.18 bits per heavy atom. The number of rotatable bonds is 11. The van der Waals surface area contributed by atoms with E-state index in [-0.39, 0.29) is 12.1 Å². The molecule has 0 radical (unpaired) electrons. The SMILES string of the molecule is CCCCCCC(C)OCC(C#N)NCCC. The van der Waals surface area contributed by atoms with Gasteiger partial charge in [0.2, 0.25) is 0 Å². The van der Waals surface area contributed by atoms with Crippen LogP contribution in [0.3, 0.4) is 0 Å². The van der Waals surface area contributed by atoms with Crippen molar-refractivity contribution in [3.63, 3.8) is 0 Å². The van der Waals surface area contributed by atoms with Crippen molar-refractivity contribution in [3.05, 3.63) is 0 Å². The molecule has 0 rings (SSSR count). The minimum atomic E-state index is -0.159. The Morgan fingerprint density at radius 2 is 1.94 bits per heavy atom. The van der Waals surface area contributed by atoms with Gasteiger partial charge in [0.1, 0.15) is 6.04 Å². The molecule has 0 saturated carbocycles. The molecular weight excluding hydrogens is 212 g/mol. The Kier molecular flexibility index (Phi) is 11.5. The van der Waals surface area contributed by atoms with E-state index in [2.05, 4.69) is 32.2 Å². The minimum Gasteiger partial charge on any atom is -0.376 e. The van der Waals surface area contributed by atoms with Gasteiger partial charge >= 0.3 is 0 Å². The number of hydrogen-bond donors (Lipinski definition) is 1.